The highest BCUT2D eigenvalue weighted by Gasteiger charge is 2.02. The molecule has 0 fully saturated rings. The van der Waals surface area contributed by atoms with E-state index in [0.717, 1.165) is 73.9 Å². The van der Waals surface area contributed by atoms with Crippen molar-refractivity contribution in [3.8, 4) is 56.7 Å². The predicted molar refractivity (Wildman–Crippen MR) is 254 cm³/mol. The third-order valence-corrected chi connectivity index (χ3v) is 8.84. The van der Waals surface area contributed by atoms with Gasteiger partial charge in [0.15, 0.2) is 17.5 Å². The van der Waals surface area contributed by atoms with E-state index in [9.17, 15) is 0 Å². The predicted octanol–water partition coefficient (Wildman–Crippen LogP) is 10.4. The van der Waals surface area contributed by atoms with E-state index in [1.165, 1.54) is 6.33 Å². The molecule has 0 radical (unpaired) electrons. The first-order valence-electron chi connectivity index (χ1n) is 20.7. The van der Waals surface area contributed by atoms with Crippen LogP contribution < -0.4 is 0 Å². The molecule has 0 saturated carbocycles. The summed E-state index contributed by atoms with van der Waals surface area (Å²) in [5.41, 5.74) is 9.01. The topological polar surface area (TPSA) is 168 Å². The average Bonchev–Trinajstić information content (AvgIpc) is 3.36. The molecule has 0 N–H and O–H groups in total. The third kappa shape index (κ3) is 15.3. The molecular formula is C52H47N13. The molecule has 0 saturated heterocycles. The van der Waals surface area contributed by atoms with Crippen LogP contribution in [0.4, 0.5) is 0 Å². The summed E-state index contributed by atoms with van der Waals surface area (Å²) >= 11 is 0. The molecular weight excluding hydrogens is 807 g/mol. The minimum atomic E-state index is 0.681. The Bertz CT molecular complexity index is 2460. The van der Waals surface area contributed by atoms with Crippen LogP contribution in [0.15, 0.2) is 195 Å². The van der Waals surface area contributed by atoms with Gasteiger partial charge in [-0.1, -0.05) is 152 Å². The van der Waals surface area contributed by atoms with Gasteiger partial charge in [0, 0.05) is 45.9 Å². The first kappa shape index (κ1) is 45.8. The van der Waals surface area contributed by atoms with Gasteiger partial charge in [-0.2, -0.15) is 10.2 Å². The standard InChI is InChI=1S/2C11H10N2.3C10H9N3/c1-9-12-8-7-11(13-9)10-5-3-2-4-6-10;1-9-7-8-12-11(13-9)10-5-3-2-4-6-10;1-8-11-7-12-10(13-8)9-5-3-2-4-6-9;1-8-12-10(7-11-13-8)9-5-3-2-4-6-9;1-8-7-11-13-10(12-8)9-5-3-2-4-6-9/h2*2-8H,1H3;3*2-7H,1H3. The van der Waals surface area contributed by atoms with E-state index in [2.05, 4.69) is 65.3 Å². The number of aryl methyl sites for hydroxylation is 5. The second-order valence-electron chi connectivity index (χ2n) is 14.0. The summed E-state index contributed by atoms with van der Waals surface area (Å²) in [6.45, 7) is 9.45. The van der Waals surface area contributed by atoms with Gasteiger partial charge in [-0.05, 0) is 46.8 Å². The zero-order chi connectivity index (χ0) is 45.5. The maximum absolute atomic E-state index is 4.33. The lowest BCUT2D eigenvalue weighted by Crippen LogP contribution is -1.93. The summed E-state index contributed by atoms with van der Waals surface area (Å²) in [4.78, 5) is 37.7. The summed E-state index contributed by atoms with van der Waals surface area (Å²) in [5, 5.41) is 15.4. The fraction of sp³-hybridized carbons (Fsp3) is 0.0962. The van der Waals surface area contributed by atoms with Crippen molar-refractivity contribution in [1.82, 2.24) is 65.3 Å². The van der Waals surface area contributed by atoms with Crippen molar-refractivity contribution in [2.75, 3.05) is 0 Å². The molecule has 10 rings (SSSR count). The van der Waals surface area contributed by atoms with E-state index < -0.39 is 0 Å². The van der Waals surface area contributed by atoms with Gasteiger partial charge in [-0.25, -0.2) is 44.9 Å². The number of hydrogen-bond donors (Lipinski definition) is 0. The molecule has 0 atom stereocenters. The highest BCUT2D eigenvalue weighted by molar-refractivity contribution is 5.59. The van der Waals surface area contributed by atoms with Gasteiger partial charge < -0.3 is 0 Å². The van der Waals surface area contributed by atoms with E-state index in [-0.39, 0.29) is 0 Å². The second kappa shape index (κ2) is 24.7. The largest absolute Gasteiger partial charge is 0.242 e. The lowest BCUT2D eigenvalue weighted by atomic mass is 10.1. The molecule has 5 aromatic heterocycles. The van der Waals surface area contributed by atoms with Crippen LogP contribution in [0.5, 0.6) is 0 Å². The lowest BCUT2D eigenvalue weighted by Gasteiger charge is -1.99. The van der Waals surface area contributed by atoms with Crippen molar-refractivity contribution in [3.63, 3.8) is 0 Å². The van der Waals surface area contributed by atoms with E-state index in [1.807, 2.05) is 198 Å². The molecule has 320 valence electrons. The van der Waals surface area contributed by atoms with Crippen LogP contribution in [-0.4, -0.2) is 65.3 Å². The minimum Gasteiger partial charge on any atom is -0.242 e. The summed E-state index contributed by atoms with van der Waals surface area (Å²) in [6, 6.07) is 53.5. The van der Waals surface area contributed by atoms with Crippen molar-refractivity contribution >= 4 is 0 Å². The molecule has 0 unspecified atom stereocenters. The molecule has 65 heavy (non-hydrogen) atoms. The molecule has 0 aliphatic rings. The van der Waals surface area contributed by atoms with Crippen LogP contribution in [0, 0.1) is 34.6 Å². The summed E-state index contributed by atoms with van der Waals surface area (Å²) in [7, 11) is 0. The number of aromatic nitrogens is 13. The van der Waals surface area contributed by atoms with Gasteiger partial charge in [-0.3, -0.25) is 0 Å². The summed E-state index contributed by atoms with van der Waals surface area (Å²) < 4.78 is 0. The highest BCUT2D eigenvalue weighted by atomic mass is 15.1. The van der Waals surface area contributed by atoms with Gasteiger partial charge in [-0.15, -0.1) is 10.2 Å². The minimum absolute atomic E-state index is 0.681. The number of hydrogen-bond acceptors (Lipinski definition) is 13. The zero-order valence-electron chi connectivity index (χ0n) is 36.8. The van der Waals surface area contributed by atoms with Crippen LogP contribution in [-0.2, 0) is 0 Å². The molecule has 13 nitrogen and oxygen atoms in total. The molecule has 10 aromatic rings. The Balaban J connectivity index is 0.000000135. The Morgan fingerprint density at radius 1 is 0.292 bits per heavy atom. The first-order valence-corrected chi connectivity index (χ1v) is 20.7. The number of rotatable bonds is 5. The Morgan fingerprint density at radius 2 is 0.738 bits per heavy atom. The Morgan fingerprint density at radius 3 is 1.25 bits per heavy atom. The Kier molecular flexibility index (Phi) is 17.4. The second-order valence-corrected chi connectivity index (χ2v) is 14.0. The fourth-order valence-corrected chi connectivity index (χ4v) is 5.74. The molecule has 0 aliphatic heterocycles. The summed E-state index contributed by atoms with van der Waals surface area (Å²) in [6.07, 6.45) is 8.41. The van der Waals surface area contributed by atoms with E-state index in [0.29, 0.717) is 11.6 Å². The van der Waals surface area contributed by atoms with Crippen molar-refractivity contribution in [3.05, 3.63) is 224 Å². The van der Waals surface area contributed by atoms with E-state index >= 15 is 0 Å². The quantitative estimate of drug-likeness (QED) is 0.161. The van der Waals surface area contributed by atoms with Crippen molar-refractivity contribution in [1.29, 1.82) is 0 Å². The van der Waals surface area contributed by atoms with Gasteiger partial charge in [0.2, 0.25) is 0 Å². The van der Waals surface area contributed by atoms with E-state index in [1.54, 1.807) is 24.8 Å². The molecule has 0 amide bonds. The molecule has 0 bridgehead atoms. The smallest absolute Gasteiger partial charge is 0.181 e. The van der Waals surface area contributed by atoms with Crippen LogP contribution in [0.3, 0.4) is 0 Å². The van der Waals surface area contributed by atoms with Crippen LogP contribution in [0.2, 0.25) is 0 Å². The van der Waals surface area contributed by atoms with Gasteiger partial charge in [0.05, 0.1) is 29.5 Å². The van der Waals surface area contributed by atoms with Crippen LogP contribution >= 0.6 is 0 Å². The van der Waals surface area contributed by atoms with Gasteiger partial charge in [0.1, 0.15) is 23.8 Å². The molecule has 5 aromatic carbocycles. The lowest BCUT2D eigenvalue weighted by molar-refractivity contribution is 0.912. The first-order chi connectivity index (χ1) is 31.8. The molecule has 0 spiro atoms. The molecule has 0 aliphatic carbocycles. The van der Waals surface area contributed by atoms with Crippen molar-refractivity contribution in [2.24, 2.45) is 0 Å². The zero-order valence-corrected chi connectivity index (χ0v) is 36.8. The van der Waals surface area contributed by atoms with Crippen molar-refractivity contribution in [2.45, 2.75) is 34.6 Å². The fourth-order valence-electron chi connectivity index (χ4n) is 5.74. The van der Waals surface area contributed by atoms with Crippen molar-refractivity contribution < 1.29 is 0 Å². The maximum atomic E-state index is 4.33. The molecule has 5 heterocycles. The van der Waals surface area contributed by atoms with Gasteiger partial charge >= 0.3 is 0 Å². The van der Waals surface area contributed by atoms with Crippen LogP contribution in [0.25, 0.3) is 56.7 Å². The molecule has 13 heteroatoms. The average molecular weight is 854 g/mol. The normalized spacial score (nSPS) is 9.92. The summed E-state index contributed by atoms with van der Waals surface area (Å²) in [5.74, 6) is 4.45. The highest BCUT2D eigenvalue weighted by Crippen LogP contribution is 2.17. The number of nitrogens with zero attached hydrogens (tertiary/aromatic N) is 13. The maximum Gasteiger partial charge on any atom is 0.181 e. The third-order valence-electron chi connectivity index (χ3n) is 8.84. The monoisotopic (exact) mass is 853 g/mol. The Hall–Kier alpha value is -8.71. The van der Waals surface area contributed by atoms with E-state index in [4.69, 9.17) is 0 Å². The Labute approximate surface area is 379 Å². The number of benzene rings is 5. The SMILES string of the molecule is Cc1ccnc(-c2ccccc2)n1.Cc1cnnc(-c2ccccc2)n1.Cc1nccc(-c2ccccc2)n1.Cc1ncnc(-c2ccccc2)n1.Cc1nncc(-c2ccccc2)n1. The van der Waals surface area contributed by atoms with Crippen LogP contribution in [0.1, 0.15) is 28.9 Å². The van der Waals surface area contributed by atoms with Gasteiger partial charge in [0.25, 0.3) is 0 Å².